The molecule has 3 N–H and O–H groups in total. The van der Waals surface area contributed by atoms with E-state index in [2.05, 4.69) is 40.6 Å². The first-order valence-electron chi connectivity index (χ1n) is 11.3. The lowest BCUT2D eigenvalue weighted by Crippen LogP contribution is -2.36. The van der Waals surface area contributed by atoms with Gasteiger partial charge in [0.15, 0.2) is 0 Å². The van der Waals surface area contributed by atoms with E-state index in [1.807, 2.05) is 48.8 Å². The first-order valence-corrected chi connectivity index (χ1v) is 11.3. The largest absolute Gasteiger partial charge is 0.355 e. The number of aromatic nitrogens is 1. The Balaban J connectivity index is 1.52. The average molecular weight is 414 g/mol. The van der Waals surface area contributed by atoms with Crippen molar-refractivity contribution in [2.24, 2.45) is 17.6 Å². The van der Waals surface area contributed by atoms with Crippen molar-refractivity contribution in [3.05, 3.63) is 90.3 Å². The summed E-state index contributed by atoms with van der Waals surface area (Å²) >= 11 is 0. The normalized spacial score (nSPS) is 19.5. The smallest absolute Gasteiger partial charge is 0.223 e. The molecule has 160 valence electrons. The zero-order valence-corrected chi connectivity index (χ0v) is 17.9. The highest BCUT2D eigenvalue weighted by Crippen LogP contribution is 2.30. The van der Waals surface area contributed by atoms with Gasteiger partial charge in [0.25, 0.3) is 0 Å². The maximum absolute atomic E-state index is 12.9. The minimum Gasteiger partial charge on any atom is -0.355 e. The van der Waals surface area contributed by atoms with Crippen LogP contribution in [0.15, 0.2) is 79.1 Å². The van der Waals surface area contributed by atoms with Crippen LogP contribution in [0.4, 0.5) is 0 Å². The predicted octanol–water partition coefficient (Wildman–Crippen LogP) is 4.76. The Bertz CT molecular complexity index is 966. The number of hydrogen-bond donors (Lipinski definition) is 2. The van der Waals surface area contributed by atoms with E-state index in [4.69, 9.17) is 5.73 Å². The molecule has 1 aliphatic rings. The summed E-state index contributed by atoms with van der Waals surface area (Å²) < 4.78 is 0. The molecule has 31 heavy (non-hydrogen) atoms. The maximum atomic E-state index is 12.9. The third-order valence-electron chi connectivity index (χ3n) is 6.50. The number of carbonyl (C=O) groups excluding carboxylic acids is 1. The number of hydrogen-bond acceptors (Lipinski definition) is 3. The molecule has 1 saturated carbocycles. The van der Waals surface area contributed by atoms with Crippen molar-refractivity contribution in [2.45, 2.75) is 31.6 Å². The zero-order chi connectivity index (χ0) is 21.5. The minimum atomic E-state index is 0.0571. The highest BCUT2D eigenvalue weighted by molar-refractivity contribution is 5.78. The van der Waals surface area contributed by atoms with Gasteiger partial charge in [0.05, 0.1) is 0 Å². The van der Waals surface area contributed by atoms with E-state index in [1.165, 1.54) is 5.56 Å². The molecule has 0 spiro atoms. The summed E-state index contributed by atoms with van der Waals surface area (Å²) in [7, 11) is 0. The summed E-state index contributed by atoms with van der Waals surface area (Å²) in [6.07, 6.45) is 7.81. The van der Waals surface area contributed by atoms with Gasteiger partial charge in [-0.3, -0.25) is 9.78 Å². The monoisotopic (exact) mass is 413 g/mol. The van der Waals surface area contributed by atoms with Crippen LogP contribution in [0.3, 0.4) is 0 Å². The number of carbonyl (C=O) groups is 1. The third kappa shape index (κ3) is 5.39. The van der Waals surface area contributed by atoms with Crippen molar-refractivity contribution >= 4 is 5.91 Å². The Morgan fingerprint density at radius 1 is 0.903 bits per heavy atom. The third-order valence-corrected chi connectivity index (χ3v) is 6.50. The molecule has 3 aromatic rings. The molecule has 2 aromatic carbocycles. The van der Waals surface area contributed by atoms with Gasteiger partial charge in [-0.05, 0) is 60.9 Å². The standard InChI is InChI=1S/C27H31N3O/c28-16-20-11-13-23(14-12-20)27(31)30-19-26(22-9-5-2-6-10-22)25-15-24(17-29-18-25)21-7-3-1-4-8-21/h1-10,15,17-18,20,23,26H,11-14,16,19,28H2,(H,30,31). The Labute approximate surface area is 184 Å². The first kappa shape index (κ1) is 21.3. The molecule has 4 rings (SSSR count). The van der Waals surface area contributed by atoms with Crippen LogP contribution < -0.4 is 11.1 Å². The van der Waals surface area contributed by atoms with Gasteiger partial charge < -0.3 is 11.1 Å². The van der Waals surface area contributed by atoms with Crippen LogP contribution in [0.5, 0.6) is 0 Å². The molecule has 4 nitrogen and oxygen atoms in total. The molecule has 0 saturated heterocycles. The molecule has 4 heteroatoms. The fourth-order valence-corrected chi connectivity index (χ4v) is 4.56. The van der Waals surface area contributed by atoms with E-state index in [9.17, 15) is 4.79 Å². The van der Waals surface area contributed by atoms with Gasteiger partial charge in [-0.25, -0.2) is 0 Å². The lowest BCUT2D eigenvalue weighted by Gasteiger charge is -2.27. The second-order valence-corrected chi connectivity index (χ2v) is 8.53. The summed E-state index contributed by atoms with van der Waals surface area (Å²) in [5.74, 6) is 0.909. The quantitative estimate of drug-likeness (QED) is 0.587. The van der Waals surface area contributed by atoms with E-state index in [0.29, 0.717) is 12.5 Å². The van der Waals surface area contributed by atoms with Gasteiger partial charge in [0, 0.05) is 36.3 Å². The van der Waals surface area contributed by atoms with Crippen LogP contribution in [0.25, 0.3) is 11.1 Å². The van der Waals surface area contributed by atoms with Gasteiger partial charge in [0.1, 0.15) is 0 Å². The van der Waals surface area contributed by atoms with Crippen LogP contribution in [0, 0.1) is 11.8 Å². The minimum absolute atomic E-state index is 0.0571. The molecule has 0 bridgehead atoms. The van der Waals surface area contributed by atoms with Crippen LogP contribution in [0.2, 0.25) is 0 Å². The predicted molar refractivity (Wildman–Crippen MR) is 125 cm³/mol. The fraction of sp³-hybridized carbons (Fsp3) is 0.333. The molecule has 0 radical (unpaired) electrons. The Hall–Kier alpha value is -2.98. The molecule has 1 aliphatic carbocycles. The lowest BCUT2D eigenvalue weighted by atomic mass is 9.81. The van der Waals surface area contributed by atoms with Crippen molar-refractivity contribution in [3.63, 3.8) is 0 Å². The van der Waals surface area contributed by atoms with E-state index >= 15 is 0 Å². The summed E-state index contributed by atoms with van der Waals surface area (Å²) in [6.45, 7) is 1.30. The van der Waals surface area contributed by atoms with E-state index in [-0.39, 0.29) is 17.7 Å². The highest BCUT2D eigenvalue weighted by atomic mass is 16.1. The van der Waals surface area contributed by atoms with E-state index in [0.717, 1.165) is 48.9 Å². The Morgan fingerprint density at radius 2 is 1.58 bits per heavy atom. The number of rotatable bonds is 7. The van der Waals surface area contributed by atoms with Gasteiger partial charge in [-0.1, -0.05) is 60.7 Å². The van der Waals surface area contributed by atoms with Gasteiger partial charge in [0.2, 0.25) is 5.91 Å². The number of nitrogens with zero attached hydrogens (tertiary/aromatic N) is 1. The molecule has 1 heterocycles. The fourth-order valence-electron chi connectivity index (χ4n) is 4.56. The molecule has 1 fully saturated rings. The van der Waals surface area contributed by atoms with Crippen molar-refractivity contribution in [2.75, 3.05) is 13.1 Å². The molecule has 1 atom stereocenters. The van der Waals surface area contributed by atoms with Crippen LogP contribution in [0.1, 0.15) is 42.7 Å². The van der Waals surface area contributed by atoms with Crippen LogP contribution >= 0.6 is 0 Å². The number of pyridine rings is 1. The van der Waals surface area contributed by atoms with Gasteiger partial charge in [-0.15, -0.1) is 0 Å². The SMILES string of the molecule is NCC1CCC(C(=O)NCC(c2ccccc2)c2cncc(-c3ccccc3)c2)CC1. The summed E-state index contributed by atoms with van der Waals surface area (Å²) in [4.78, 5) is 17.4. The Morgan fingerprint density at radius 3 is 2.26 bits per heavy atom. The molecular weight excluding hydrogens is 382 g/mol. The highest BCUT2D eigenvalue weighted by Gasteiger charge is 2.26. The number of amides is 1. The van der Waals surface area contributed by atoms with Crippen molar-refractivity contribution in [1.29, 1.82) is 0 Å². The number of nitrogens with two attached hydrogens (primary N) is 1. The van der Waals surface area contributed by atoms with Crippen molar-refractivity contribution < 1.29 is 4.79 Å². The summed E-state index contributed by atoms with van der Waals surface area (Å²) in [6, 6.07) is 22.8. The van der Waals surface area contributed by atoms with Gasteiger partial charge in [-0.2, -0.15) is 0 Å². The summed E-state index contributed by atoms with van der Waals surface area (Å²) in [5, 5.41) is 3.24. The second kappa shape index (κ2) is 10.4. The molecule has 1 amide bonds. The maximum Gasteiger partial charge on any atom is 0.223 e. The van der Waals surface area contributed by atoms with E-state index in [1.54, 1.807) is 0 Å². The molecule has 1 unspecified atom stereocenters. The average Bonchev–Trinajstić information content (AvgIpc) is 2.85. The second-order valence-electron chi connectivity index (χ2n) is 8.53. The lowest BCUT2D eigenvalue weighted by molar-refractivity contribution is -0.126. The van der Waals surface area contributed by atoms with Crippen LogP contribution in [-0.4, -0.2) is 24.0 Å². The van der Waals surface area contributed by atoms with E-state index < -0.39 is 0 Å². The van der Waals surface area contributed by atoms with Crippen molar-refractivity contribution in [1.82, 2.24) is 10.3 Å². The number of benzene rings is 2. The molecular formula is C27H31N3O. The van der Waals surface area contributed by atoms with Crippen LogP contribution in [-0.2, 0) is 4.79 Å². The van der Waals surface area contributed by atoms with Crippen molar-refractivity contribution in [3.8, 4) is 11.1 Å². The topological polar surface area (TPSA) is 68.0 Å². The zero-order valence-electron chi connectivity index (χ0n) is 17.9. The molecule has 0 aliphatic heterocycles. The molecule has 1 aromatic heterocycles. The Kier molecular flexibility index (Phi) is 7.11. The first-order chi connectivity index (χ1) is 15.2. The summed E-state index contributed by atoms with van der Waals surface area (Å²) in [5.41, 5.74) is 10.3. The number of nitrogens with one attached hydrogen (secondary N) is 1. The van der Waals surface area contributed by atoms with Gasteiger partial charge >= 0.3 is 0 Å².